The second kappa shape index (κ2) is 9.45. The van der Waals surface area contributed by atoms with Crippen molar-refractivity contribution < 1.29 is 9.59 Å². The fourth-order valence-corrected chi connectivity index (χ4v) is 3.32. The van der Waals surface area contributed by atoms with Gasteiger partial charge in [-0.1, -0.05) is 53.6 Å². The molecular weight excluding hydrogens is 384 g/mol. The summed E-state index contributed by atoms with van der Waals surface area (Å²) >= 11 is 6.33. The van der Waals surface area contributed by atoms with Gasteiger partial charge in [-0.15, -0.1) is 0 Å². The van der Waals surface area contributed by atoms with Crippen molar-refractivity contribution in [2.45, 2.75) is 66.1 Å². The molecule has 29 heavy (non-hydrogen) atoms. The molecule has 0 fully saturated rings. The molecule has 1 unspecified atom stereocenters. The van der Waals surface area contributed by atoms with E-state index in [-0.39, 0.29) is 30.3 Å². The number of carbonyl (C=O) groups is 2. The summed E-state index contributed by atoms with van der Waals surface area (Å²) in [6, 6.07) is 12.9. The van der Waals surface area contributed by atoms with E-state index in [4.69, 9.17) is 11.6 Å². The Morgan fingerprint density at radius 1 is 1.07 bits per heavy atom. The number of nitrogens with zero attached hydrogens (tertiary/aromatic N) is 1. The number of hydrogen-bond donors (Lipinski definition) is 1. The van der Waals surface area contributed by atoms with Crippen molar-refractivity contribution in [1.82, 2.24) is 10.2 Å². The minimum Gasteiger partial charge on any atom is -0.350 e. The molecule has 0 aromatic heterocycles. The number of hydrogen-bond acceptors (Lipinski definition) is 2. The van der Waals surface area contributed by atoms with E-state index < -0.39 is 6.04 Å². The van der Waals surface area contributed by atoms with Crippen LogP contribution in [0.2, 0.25) is 5.02 Å². The summed E-state index contributed by atoms with van der Waals surface area (Å²) < 4.78 is 0. The van der Waals surface area contributed by atoms with Crippen LogP contribution in [0.5, 0.6) is 0 Å². The monoisotopic (exact) mass is 414 g/mol. The second-order valence-electron chi connectivity index (χ2n) is 8.63. The van der Waals surface area contributed by atoms with E-state index in [1.807, 2.05) is 71.0 Å². The van der Waals surface area contributed by atoms with Crippen LogP contribution in [-0.4, -0.2) is 28.3 Å². The molecule has 1 N–H and O–H groups in total. The highest BCUT2D eigenvalue weighted by Gasteiger charge is 2.29. The average Bonchev–Trinajstić information content (AvgIpc) is 2.62. The zero-order valence-corrected chi connectivity index (χ0v) is 18.9. The smallest absolute Gasteiger partial charge is 0.242 e. The summed E-state index contributed by atoms with van der Waals surface area (Å²) in [7, 11) is 0. The van der Waals surface area contributed by atoms with Gasteiger partial charge in [-0.2, -0.15) is 0 Å². The van der Waals surface area contributed by atoms with Gasteiger partial charge in [0.15, 0.2) is 0 Å². The van der Waals surface area contributed by atoms with Crippen LogP contribution in [0.15, 0.2) is 42.5 Å². The van der Waals surface area contributed by atoms with Gasteiger partial charge in [0.25, 0.3) is 0 Å². The number of benzene rings is 2. The Labute approximate surface area is 179 Å². The highest BCUT2D eigenvalue weighted by Crippen LogP contribution is 2.20. The SMILES string of the molecule is Cc1ccc(C)c(CC(=O)N(Cc2ccccc2Cl)C(C)C(=O)NC(C)(C)C)c1. The third-order valence-electron chi connectivity index (χ3n) is 4.81. The molecule has 2 aromatic rings. The summed E-state index contributed by atoms with van der Waals surface area (Å²) in [6.07, 6.45) is 0.241. The fraction of sp³-hybridized carbons (Fsp3) is 0.417. The molecule has 0 radical (unpaired) electrons. The Balaban J connectivity index is 2.32. The maximum absolute atomic E-state index is 13.3. The van der Waals surface area contributed by atoms with Gasteiger partial charge < -0.3 is 10.2 Å². The number of carbonyl (C=O) groups excluding carboxylic acids is 2. The van der Waals surface area contributed by atoms with E-state index in [2.05, 4.69) is 5.32 Å². The molecule has 0 heterocycles. The molecule has 0 bridgehead atoms. The Bertz CT molecular complexity index is 887. The molecule has 0 spiro atoms. The van der Waals surface area contributed by atoms with Crippen LogP contribution in [0.4, 0.5) is 0 Å². The number of halogens is 1. The first kappa shape index (κ1) is 23.0. The minimum absolute atomic E-state index is 0.102. The Morgan fingerprint density at radius 2 is 1.72 bits per heavy atom. The zero-order valence-electron chi connectivity index (χ0n) is 18.2. The van der Waals surface area contributed by atoms with Gasteiger partial charge in [0.05, 0.1) is 6.42 Å². The lowest BCUT2D eigenvalue weighted by Gasteiger charge is -2.32. The standard InChI is InChI=1S/C24H31ClN2O2/c1-16-11-12-17(2)20(13-16)14-22(28)27(15-19-9-7-8-10-21(19)25)18(3)23(29)26-24(4,5)6/h7-13,18H,14-15H2,1-6H3,(H,26,29). The zero-order chi connectivity index (χ0) is 21.8. The molecule has 0 aliphatic heterocycles. The number of nitrogens with one attached hydrogen (secondary N) is 1. The minimum atomic E-state index is -0.622. The van der Waals surface area contributed by atoms with Crippen LogP contribution >= 0.6 is 11.6 Å². The van der Waals surface area contributed by atoms with E-state index >= 15 is 0 Å². The van der Waals surface area contributed by atoms with E-state index in [1.54, 1.807) is 17.9 Å². The molecule has 4 nitrogen and oxygen atoms in total. The first-order chi connectivity index (χ1) is 13.5. The van der Waals surface area contributed by atoms with E-state index in [0.29, 0.717) is 5.02 Å². The predicted molar refractivity (Wildman–Crippen MR) is 119 cm³/mol. The predicted octanol–water partition coefficient (Wildman–Crippen LogP) is 4.83. The molecule has 2 amide bonds. The highest BCUT2D eigenvalue weighted by atomic mass is 35.5. The molecule has 0 saturated heterocycles. The molecule has 0 aliphatic carbocycles. The first-order valence-corrected chi connectivity index (χ1v) is 10.3. The van der Waals surface area contributed by atoms with Gasteiger partial charge in [-0.25, -0.2) is 0 Å². The number of rotatable bonds is 6. The third kappa shape index (κ3) is 6.60. The normalized spacial score (nSPS) is 12.4. The average molecular weight is 415 g/mol. The molecule has 1 atom stereocenters. The molecule has 0 aliphatic rings. The molecule has 0 saturated carbocycles. The van der Waals surface area contributed by atoms with Crippen LogP contribution in [-0.2, 0) is 22.6 Å². The lowest BCUT2D eigenvalue weighted by atomic mass is 10.0. The van der Waals surface area contributed by atoms with Gasteiger partial charge in [0.2, 0.25) is 11.8 Å². The summed E-state index contributed by atoms with van der Waals surface area (Å²) in [5.74, 6) is -0.283. The van der Waals surface area contributed by atoms with Crippen LogP contribution in [0.25, 0.3) is 0 Å². The maximum atomic E-state index is 13.3. The highest BCUT2D eigenvalue weighted by molar-refractivity contribution is 6.31. The van der Waals surface area contributed by atoms with Crippen molar-refractivity contribution in [2.75, 3.05) is 0 Å². The van der Waals surface area contributed by atoms with Crippen LogP contribution < -0.4 is 5.32 Å². The maximum Gasteiger partial charge on any atom is 0.242 e. The summed E-state index contributed by atoms with van der Waals surface area (Å²) in [5, 5.41) is 3.56. The molecule has 5 heteroatoms. The van der Waals surface area contributed by atoms with E-state index in [1.165, 1.54) is 0 Å². The fourth-order valence-electron chi connectivity index (χ4n) is 3.12. The lowest BCUT2D eigenvalue weighted by Crippen LogP contribution is -2.52. The van der Waals surface area contributed by atoms with Crippen LogP contribution in [0.3, 0.4) is 0 Å². The summed E-state index contributed by atoms with van der Waals surface area (Å²) in [5.41, 5.74) is 3.59. The van der Waals surface area contributed by atoms with Crippen LogP contribution in [0.1, 0.15) is 49.9 Å². The van der Waals surface area contributed by atoms with Crippen molar-refractivity contribution in [3.63, 3.8) is 0 Å². The first-order valence-electron chi connectivity index (χ1n) is 9.89. The van der Waals surface area contributed by atoms with Gasteiger partial charge in [-0.3, -0.25) is 9.59 Å². The lowest BCUT2D eigenvalue weighted by molar-refractivity contribution is -0.140. The van der Waals surface area contributed by atoms with Crippen molar-refractivity contribution >= 4 is 23.4 Å². The molecule has 2 rings (SSSR count). The van der Waals surface area contributed by atoms with E-state index in [9.17, 15) is 9.59 Å². The second-order valence-corrected chi connectivity index (χ2v) is 9.04. The van der Waals surface area contributed by atoms with Gasteiger partial charge in [0, 0.05) is 17.1 Å². The summed E-state index contributed by atoms with van der Waals surface area (Å²) in [6.45, 7) is 11.8. The molecule has 156 valence electrons. The van der Waals surface area contributed by atoms with Gasteiger partial charge in [0.1, 0.15) is 6.04 Å². The van der Waals surface area contributed by atoms with Gasteiger partial charge >= 0.3 is 0 Å². The van der Waals surface area contributed by atoms with Crippen molar-refractivity contribution in [2.24, 2.45) is 0 Å². The number of amides is 2. The largest absolute Gasteiger partial charge is 0.350 e. The topological polar surface area (TPSA) is 49.4 Å². The Morgan fingerprint density at radius 3 is 2.34 bits per heavy atom. The quantitative estimate of drug-likeness (QED) is 0.735. The number of aryl methyl sites for hydroxylation is 2. The van der Waals surface area contributed by atoms with Crippen molar-refractivity contribution in [3.8, 4) is 0 Å². The van der Waals surface area contributed by atoms with E-state index in [0.717, 1.165) is 22.3 Å². The third-order valence-corrected chi connectivity index (χ3v) is 5.18. The Kier molecular flexibility index (Phi) is 7.48. The van der Waals surface area contributed by atoms with Crippen molar-refractivity contribution in [3.05, 3.63) is 69.7 Å². The Hall–Kier alpha value is -2.33. The van der Waals surface area contributed by atoms with Gasteiger partial charge in [-0.05, 0) is 64.3 Å². The molecule has 2 aromatic carbocycles. The molecular formula is C24H31ClN2O2. The summed E-state index contributed by atoms with van der Waals surface area (Å²) in [4.78, 5) is 27.7. The van der Waals surface area contributed by atoms with Crippen molar-refractivity contribution in [1.29, 1.82) is 0 Å². The van der Waals surface area contributed by atoms with Crippen LogP contribution in [0, 0.1) is 13.8 Å².